The average Bonchev–Trinajstić information content (AvgIpc) is 2.07. The Kier molecular flexibility index (Phi) is 3.61. The molecule has 0 nitrogen and oxygen atoms in total. The summed E-state index contributed by atoms with van der Waals surface area (Å²) in [5, 5.41) is 0. The monoisotopic (exact) mass is 168 g/mol. The van der Waals surface area contributed by atoms with Crippen LogP contribution in [0.1, 0.15) is 53.4 Å². The van der Waals surface area contributed by atoms with E-state index in [9.17, 15) is 0 Å². The fraction of sp³-hybridized carbons (Fsp3) is 1.00. The molecule has 1 saturated carbocycles. The minimum atomic E-state index is 0.931. The Morgan fingerprint density at radius 1 is 0.667 bits per heavy atom. The highest BCUT2D eigenvalue weighted by Gasteiger charge is 2.25. The van der Waals surface area contributed by atoms with Gasteiger partial charge < -0.3 is 0 Å². The van der Waals surface area contributed by atoms with Gasteiger partial charge >= 0.3 is 0 Å². The molecular formula is C12H24. The molecule has 1 rings (SSSR count). The third-order valence-corrected chi connectivity index (χ3v) is 4.19. The van der Waals surface area contributed by atoms with Crippen LogP contribution in [0, 0.1) is 23.7 Å². The molecule has 0 N–H and O–H groups in total. The molecule has 0 aromatic carbocycles. The third-order valence-electron chi connectivity index (χ3n) is 4.19. The molecule has 0 spiro atoms. The largest absolute Gasteiger partial charge is 0.0622 e. The van der Waals surface area contributed by atoms with Crippen LogP contribution in [0.15, 0.2) is 0 Å². The molecule has 0 radical (unpaired) electrons. The summed E-state index contributed by atoms with van der Waals surface area (Å²) in [6.07, 6.45) is 5.83. The van der Waals surface area contributed by atoms with Gasteiger partial charge in [0.1, 0.15) is 0 Å². The molecule has 1 aliphatic rings. The summed E-state index contributed by atoms with van der Waals surface area (Å²) in [4.78, 5) is 0. The van der Waals surface area contributed by atoms with Gasteiger partial charge in [-0.2, -0.15) is 0 Å². The molecule has 0 saturated heterocycles. The van der Waals surface area contributed by atoms with Crippen molar-refractivity contribution in [2.75, 3.05) is 0 Å². The third kappa shape index (κ3) is 2.24. The highest BCUT2D eigenvalue weighted by atomic mass is 14.3. The van der Waals surface area contributed by atoms with Crippen molar-refractivity contribution in [3.05, 3.63) is 0 Å². The molecule has 0 bridgehead atoms. The van der Waals surface area contributed by atoms with Crippen molar-refractivity contribution in [3.8, 4) is 0 Å². The zero-order valence-electron chi connectivity index (χ0n) is 9.14. The second-order valence-corrected chi connectivity index (χ2v) is 4.96. The van der Waals surface area contributed by atoms with Crippen molar-refractivity contribution in [1.29, 1.82) is 0 Å². The summed E-state index contributed by atoms with van der Waals surface area (Å²) >= 11 is 0. The summed E-state index contributed by atoms with van der Waals surface area (Å²) in [7, 11) is 0. The van der Waals surface area contributed by atoms with E-state index in [1.807, 2.05) is 0 Å². The van der Waals surface area contributed by atoms with E-state index in [-0.39, 0.29) is 0 Å². The molecule has 0 aromatic heterocycles. The predicted octanol–water partition coefficient (Wildman–Crippen LogP) is 4.10. The summed E-state index contributed by atoms with van der Waals surface area (Å²) in [5.74, 6) is 3.76. The average molecular weight is 168 g/mol. The van der Waals surface area contributed by atoms with Crippen molar-refractivity contribution >= 4 is 0 Å². The highest BCUT2D eigenvalue weighted by molar-refractivity contribution is 4.75. The van der Waals surface area contributed by atoms with Crippen molar-refractivity contribution in [1.82, 2.24) is 0 Å². The molecule has 1 fully saturated rings. The molecule has 72 valence electrons. The van der Waals surface area contributed by atoms with Crippen molar-refractivity contribution < 1.29 is 0 Å². The lowest BCUT2D eigenvalue weighted by atomic mass is 9.73. The maximum atomic E-state index is 2.44. The van der Waals surface area contributed by atoms with Crippen LogP contribution >= 0.6 is 0 Å². The molecular weight excluding hydrogens is 144 g/mol. The Morgan fingerprint density at radius 3 is 1.33 bits per heavy atom. The summed E-state index contributed by atoms with van der Waals surface area (Å²) in [5.41, 5.74) is 0. The minimum absolute atomic E-state index is 0.931. The zero-order valence-corrected chi connectivity index (χ0v) is 9.14. The van der Waals surface area contributed by atoms with E-state index in [2.05, 4.69) is 27.7 Å². The molecule has 4 atom stereocenters. The van der Waals surface area contributed by atoms with Crippen molar-refractivity contribution in [2.24, 2.45) is 23.7 Å². The van der Waals surface area contributed by atoms with Crippen LogP contribution in [0.25, 0.3) is 0 Å². The molecule has 0 heteroatoms. The van der Waals surface area contributed by atoms with E-state index in [1.54, 1.807) is 0 Å². The fourth-order valence-corrected chi connectivity index (χ4v) is 2.49. The first kappa shape index (κ1) is 10.1. The van der Waals surface area contributed by atoms with Crippen LogP contribution in [0.2, 0.25) is 0 Å². The number of rotatable bonds is 0. The van der Waals surface area contributed by atoms with Gasteiger partial charge in [-0.05, 0) is 23.7 Å². The zero-order chi connectivity index (χ0) is 9.14. The number of hydrogen-bond acceptors (Lipinski definition) is 0. The molecule has 12 heavy (non-hydrogen) atoms. The van der Waals surface area contributed by atoms with E-state index in [0.717, 1.165) is 23.7 Å². The predicted molar refractivity (Wildman–Crippen MR) is 55.1 cm³/mol. The van der Waals surface area contributed by atoms with Gasteiger partial charge in [0.2, 0.25) is 0 Å². The Labute approximate surface area is 77.7 Å². The molecule has 0 amide bonds. The molecule has 0 aromatic rings. The second kappa shape index (κ2) is 4.30. The Morgan fingerprint density at radius 2 is 1.00 bits per heavy atom. The van der Waals surface area contributed by atoms with Crippen LogP contribution in [-0.2, 0) is 0 Å². The maximum Gasteiger partial charge on any atom is -0.0389 e. The van der Waals surface area contributed by atoms with Gasteiger partial charge in [-0.3, -0.25) is 0 Å². The fourth-order valence-electron chi connectivity index (χ4n) is 2.49. The first-order chi connectivity index (χ1) is 5.63. The summed E-state index contributed by atoms with van der Waals surface area (Å²) in [6, 6.07) is 0. The van der Waals surface area contributed by atoms with E-state index < -0.39 is 0 Å². The van der Waals surface area contributed by atoms with Gasteiger partial charge in [0.15, 0.2) is 0 Å². The lowest BCUT2D eigenvalue weighted by Gasteiger charge is -2.33. The van der Waals surface area contributed by atoms with Crippen LogP contribution in [0.5, 0.6) is 0 Å². The van der Waals surface area contributed by atoms with Gasteiger partial charge in [-0.1, -0.05) is 53.4 Å². The number of hydrogen-bond donors (Lipinski definition) is 0. The van der Waals surface area contributed by atoms with Gasteiger partial charge in [0.05, 0.1) is 0 Å². The maximum absolute atomic E-state index is 2.44. The van der Waals surface area contributed by atoms with Gasteiger partial charge in [-0.15, -0.1) is 0 Å². The Balaban J connectivity index is 2.55. The normalized spacial score (nSPS) is 45.0. The van der Waals surface area contributed by atoms with Crippen molar-refractivity contribution in [2.45, 2.75) is 53.4 Å². The van der Waals surface area contributed by atoms with Gasteiger partial charge in [0.25, 0.3) is 0 Å². The van der Waals surface area contributed by atoms with Crippen LogP contribution in [0.3, 0.4) is 0 Å². The first-order valence-electron chi connectivity index (χ1n) is 5.63. The topological polar surface area (TPSA) is 0 Å². The van der Waals surface area contributed by atoms with E-state index >= 15 is 0 Å². The SMILES string of the molecule is CC1CCCCC(C)C(C)C1C. The second-order valence-electron chi connectivity index (χ2n) is 4.96. The highest BCUT2D eigenvalue weighted by Crippen LogP contribution is 2.34. The molecule has 0 heterocycles. The Bertz CT molecular complexity index is 112. The van der Waals surface area contributed by atoms with Gasteiger partial charge in [0, 0.05) is 0 Å². The van der Waals surface area contributed by atoms with Crippen molar-refractivity contribution in [3.63, 3.8) is 0 Å². The summed E-state index contributed by atoms with van der Waals surface area (Å²) in [6.45, 7) is 9.74. The van der Waals surface area contributed by atoms with Crippen LogP contribution in [-0.4, -0.2) is 0 Å². The smallest absolute Gasteiger partial charge is 0.0389 e. The minimum Gasteiger partial charge on any atom is -0.0622 e. The Hall–Kier alpha value is 0. The summed E-state index contributed by atoms with van der Waals surface area (Å²) < 4.78 is 0. The molecule has 0 aliphatic heterocycles. The first-order valence-corrected chi connectivity index (χ1v) is 5.63. The van der Waals surface area contributed by atoms with Gasteiger partial charge in [-0.25, -0.2) is 0 Å². The quantitative estimate of drug-likeness (QED) is 0.511. The van der Waals surface area contributed by atoms with Crippen LogP contribution in [0.4, 0.5) is 0 Å². The lowest BCUT2D eigenvalue weighted by Crippen LogP contribution is -2.24. The standard InChI is InChI=1S/C12H24/c1-9-7-5-6-8-10(2)12(4)11(9)3/h9-12H,5-8H2,1-4H3. The van der Waals surface area contributed by atoms with E-state index in [0.29, 0.717) is 0 Å². The van der Waals surface area contributed by atoms with E-state index in [1.165, 1.54) is 25.7 Å². The van der Waals surface area contributed by atoms with Crippen LogP contribution < -0.4 is 0 Å². The lowest BCUT2D eigenvalue weighted by molar-refractivity contribution is 0.172. The molecule has 4 unspecified atom stereocenters. The molecule has 1 aliphatic carbocycles. The van der Waals surface area contributed by atoms with E-state index in [4.69, 9.17) is 0 Å².